The Labute approximate surface area is 417 Å². The van der Waals surface area contributed by atoms with Crippen LogP contribution >= 0.6 is 0 Å². The molecule has 0 bridgehead atoms. The molecular weight excluding hydrogens is 950 g/mol. The molecule has 4 heteroatoms. The van der Waals surface area contributed by atoms with Gasteiger partial charge in [-0.15, -0.1) is 164 Å². The fourth-order valence-electron chi connectivity index (χ4n) is 8.32. The van der Waals surface area contributed by atoms with Gasteiger partial charge in [-0.05, 0) is 0 Å². The zero-order valence-corrected chi connectivity index (χ0v) is 45.0. The zero-order chi connectivity index (χ0) is 43.0. The average Bonchev–Trinajstić information content (AvgIpc) is 4.11. The van der Waals surface area contributed by atoms with Crippen LogP contribution in [-0.4, -0.2) is 6.41 Å². The second-order valence-corrected chi connectivity index (χ2v) is 21.2. The molecule has 8 aromatic rings. The molecule has 0 heterocycles. The van der Waals surface area contributed by atoms with Crippen molar-refractivity contribution in [1.82, 2.24) is 0 Å². The summed E-state index contributed by atoms with van der Waals surface area (Å²) < 4.78 is 3.59. The SMILES string of the molecule is CC(C)c1c[cH-]c2ccccc12.CC(C)c1c[cH-]c2ccccc12.CC(C)c1c[cH-]c2ccccc12.CC(C)c1c[cH-]c2ccccc12.[Cl-].[Cl-].[Zr+2]=[C]1CCCC1.[Zr+2]=[C]1CCCC1. The van der Waals surface area contributed by atoms with Crippen molar-refractivity contribution in [3.05, 3.63) is 168 Å². The topological polar surface area (TPSA) is 0 Å². The fourth-order valence-corrected chi connectivity index (χ4v) is 10.1. The molecule has 0 aliphatic heterocycles. The van der Waals surface area contributed by atoms with Gasteiger partial charge in [-0.1, -0.05) is 103 Å². The van der Waals surface area contributed by atoms with E-state index in [2.05, 4.69) is 201 Å². The van der Waals surface area contributed by atoms with Crippen molar-refractivity contribution < 1.29 is 73.3 Å². The molecule has 0 amide bonds. The monoisotopic (exact) mass is 1010 g/mol. The van der Waals surface area contributed by atoms with Gasteiger partial charge in [0.15, 0.2) is 0 Å². The van der Waals surface area contributed by atoms with Crippen molar-refractivity contribution >= 4 is 49.5 Å². The van der Waals surface area contributed by atoms with Crippen LogP contribution in [0.4, 0.5) is 0 Å². The molecule has 0 atom stereocenters. The summed E-state index contributed by atoms with van der Waals surface area (Å²) in [4.78, 5) is 0. The Morgan fingerprint density at radius 2 is 0.532 bits per heavy atom. The molecule has 0 N–H and O–H groups in total. The van der Waals surface area contributed by atoms with Gasteiger partial charge in [-0.25, -0.2) is 0 Å². The van der Waals surface area contributed by atoms with E-state index in [9.17, 15) is 0 Å². The number of rotatable bonds is 4. The van der Waals surface area contributed by atoms with Gasteiger partial charge in [0, 0.05) is 0 Å². The van der Waals surface area contributed by atoms with Crippen LogP contribution in [0.1, 0.15) is 153 Å². The molecule has 2 aliphatic rings. The summed E-state index contributed by atoms with van der Waals surface area (Å²) >= 11 is 3.36. The van der Waals surface area contributed by atoms with Gasteiger partial charge in [-0.3, -0.25) is 0 Å². The summed E-state index contributed by atoms with van der Waals surface area (Å²) in [6, 6.07) is 52.0. The van der Waals surface area contributed by atoms with Gasteiger partial charge in [0.05, 0.1) is 0 Å². The number of benzene rings is 4. The summed E-state index contributed by atoms with van der Waals surface area (Å²) in [5, 5.41) is 11.1. The number of hydrogen-bond donors (Lipinski definition) is 0. The van der Waals surface area contributed by atoms with Gasteiger partial charge in [-0.2, -0.15) is 22.3 Å². The third-order valence-electron chi connectivity index (χ3n) is 11.8. The second kappa shape index (κ2) is 27.7. The molecule has 8 aromatic carbocycles. The molecule has 2 aliphatic carbocycles. The van der Waals surface area contributed by atoms with Crippen LogP contribution < -0.4 is 24.8 Å². The van der Waals surface area contributed by atoms with Crippen molar-refractivity contribution in [3.63, 3.8) is 0 Å². The van der Waals surface area contributed by atoms with Crippen LogP contribution in [0.15, 0.2) is 146 Å². The van der Waals surface area contributed by atoms with Gasteiger partial charge in [0.1, 0.15) is 0 Å². The first kappa shape index (κ1) is 53.7. The molecule has 2 saturated carbocycles. The van der Waals surface area contributed by atoms with Crippen molar-refractivity contribution in [2.45, 2.75) is 130 Å². The Morgan fingerprint density at radius 1 is 0.339 bits per heavy atom. The number of halogens is 2. The summed E-state index contributed by atoms with van der Waals surface area (Å²) in [7, 11) is 0. The van der Waals surface area contributed by atoms with Gasteiger partial charge in [0.25, 0.3) is 0 Å². The standard InChI is InChI=1S/4C12H13.2C5H8.2ClH.2Zr/c4*1-9(2)11-8-7-10-5-3-4-6-12(10)11;2*1-2-4-5-3-1;;;;/h4*3-9H,1-2H3;2*1-4H2;2*1H;;/q4*-1;;;;;2*+2/p-2. The van der Waals surface area contributed by atoms with Crippen LogP contribution in [0, 0.1) is 0 Å². The average molecular weight is 1020 g/mol. The summed E-state index contributed by atoms with van der Waals surface area (Å²) in [5.74, 6) is 2.52. The van der Waals surface area contributed by atoms with Crippen LogP contribution in [0.5, 0.6) is 0 Å². The van der Waals surface area contributed by atoms with Gasteiger partial charge >= 0.3 is 106 Å². The first-order valence-electron chi connectivity index (χ1n) is 22.6. The first-order chi connectivity index (χ1) is 28.9. The molecule has 62 heavy (non-hydrogen) atoms. The van der Waals surface area contributed by atoms with E-state index < -0.39 is 0 Å². The first-order valence-corrected chi connectivity index (χ1v) is 25.1. The summed E-state index contributed by atoms with van der Waals surface area (Å²) in [6.07, 6.45) is 11.7. The molecule has 10 rings (SSSR count). The third kappa shape index (κ3) is 15.8. The molecule has 324 valence electrons. The molecule has 2 fully saturated rings. The maximum atomic E-state index is 2.24. The van der Waals surface area contributed by atoms with E-state index in [1.165, 1.54) is 117 Å². The molecular formula is C58H68Cl2Zr2-2. The molecule has 0 unspecified atom stereocenters. The minimum atomic E-state index is 0. The van der Waals surface area contributed by atoms with Crippen LogP contribution in [0.3, 0.4) is 0 Å². The Hall–Kier alpha value is -2.59. The third-order valence-corrected chi connectivity index (χ3v) is 14.2. The van der Waals surface area contributed by atoms with E-state index in [1.54, 1.807) is 54.9 Å². The maximum absolute atomic E-state index is 2.24. The van der Waals surface area contributed by atoms with E-state index in [1.807, 2.05) is 0 Å². The van der Waals surface area contributed by atoms with Crippen LogP contribution in [0.25, 0.3) is 43.1 Å². The quantitative estimate of drug-likeness (QED) is 0.154. The predicted octanol–water partition coefficient (Wildman–Crippen LogP) is 11.3. The normalized spacial score (nSPS) is 13.1. The second-order valence-electron chi connectivity index (χ2n) is 17.7. The van der Waals surface area contributed by atoms with E-state index in [0.29, 0.717) is 23.7 Å². The van der Waals surface area contributed by atoms with Crippen LogP contribution in [0.2, 0.25) is 0 Å². The number of hydrogen-bond acceptors (Lipinski definition) is 0. The van der Waals surface area contributed by atoms with Gasteiger partial charge in [0.2, 0.25) is 0 Å². The molecule has 0 aromatic heterocycles. The van der Waals surface area contributed by atoms with E-state index in [-0.39, 0.29) is 24.8 Å². The van der Waals surface area contributed by atoms with Gasteiger partial charge < -0.3 is 24.8 Å². The van der Waals surface area contributed by atoms with Crippen LogP contribution in [-0.2, 0) is 48.5 Å². The fraction of sp³-hybridized carbons (Fsp3) is 0.345. The van der Waals surface area contributed by atoms with E-state index >= 15 is 0 Å². The zero-order valence-electron chi connectivity index (χ0n) is 38.6. The number of fused-ring (bicyclic) bond motifs is 4. The van der Waals surface area contributed by atoms with Crippen molar-refractivity contribution in [1.29, 1.82) is 0 Å². The molecule has 0 radical (unpaired) electrons. The van der Waals surface area contributed by atoms with Crippen molar-refractivity contribution in [2.24, 2.45) is 0 Å². The Morgan fingerprint density at radius 3 is 0.694 bits per heavy atom. The Bertz CT molecular complexity index is 2160. The molecule has 0 saturated heterocycles. The summed E-state index contributed by atoms with van der Waals surface area (Å²) in [6.45, 7) is 17.9. The summed E-state index contributed by atoms with van der Waals surface area (Å²) in [5.41, 5.74) is 5.85. The molecule has 0 spiro atoms. The van der Waals surface area contributed by atoms with Crippen molar-refractivity contribution in [3.8, 4) is 0 Å². The predicted molar refractivity (Wildman–Crippen MR) is 261 cm³/mol. The van der Waals surface area contributed by atoms with E-state index in [0.717, 1.165) is 0 Å². The Balaban J connectivity index is 0.000000201. The molecule has 0 nitrogen and oxygen atoms in total. The minimum absolute atomic E-state index is 0. The Kier molecular flexibility index (Phi) is 24.0. The van der Waals surface area contributed by atoms with E-state index in [4.69, 9.17) is 0 Å². The van der Waals surface area contributed by atoms with Crippen molar-refractivity contribution in [2.75, 3.05) is 0 Å².